The summed E-state index contributed by atoms with van der Waals surface area (Å²) in [6.45, 7) is 6.46. The quantitative estimate of drug-likeness (QED) is 0.867. The lowest BCUT2D eigenvalue weighted by Gasteiger charge is -2.53. The summed E-state index contributed by atoms with van der Waals surface area (Å²) in [6.07, 6.45) is 9.71. The van der Waals surface area contributed by atoms with E-state index in [-0.39, 0.29) is 5.54 Å². The van der Waals surface area contributed by atoms with Crippen molar-refractivity contribution < 1.29 is 4.42 Å². The van der Waals surface area contributed by atoms with Gasteiger partial charge >= 0.3 is 0 Å². The van der Waals surface area contributed by atoms with Gasteiger partial charge in [0, 0.05) is 18.1 Å². The Morgan fingerprint density at radius 2 is 2.14 bits per heavy atom. The van der Waals surface area contributed by atoms with Crippen LogP contribution in [0.3, 0.4) is 0 Å². The fourth-order valence-corrected chi connectivity index (χ4v) is 4.54. The molecule has 2 saturated carbocycles. The predicted molar refractivity (Wildman–Crippen MR) is 85.9 cm³/mol. The zero-order valence-corrected chi connectivity index (χ0v) is 13.6. The van der Waals surface area contributed by atoms with Crippen LogP contribution in [0, 0.1) is 11.8 Å². The molecule has 0 amide bonds. The molecule has 2 fully saturated rings. The first-order valence-corrected chi connectivity index (χ1v) is 8.66. The van der Waals surface area contributed by atoms with E-state index in [1.165, 1.54) is 38.5 Å². The summed E-state index contributed by atoms with van der Waals surface area (Å²) in [7, 11) is 0. The van der Waals surface area contributed by atoms with Crippen LogP contribution in [0.1, 0.15) is 58.1 Å². The highest BCUT2D eigenvalue weighted by Gasteiger charge is 2.50. The fraction of sp³-hybridized carbons (Fsp3) is 0.778. The summed E-state index contributed by atoms with van der Waals surface area (Å²) in [5.41, 5.74) is 6.57. The van der Waals surface area contributed by atoms with Gasteiger partial charge < -0.3 is 10.2 Å². The molecule has 2 atom stereocenters. The summed E-state index contributed by atoms with van der Waals surface area (Å²) in [5, 5.41) is 0. The van der Waals surface area contributed by atoms with Crippen molar-refractivity contribution >= 4 is 0 Å². The maximum absolute atomic E-state index is 6.39. The van der Waals surface area contributed by atoms with E-state index in [2.05, 4.69) is 24.8 Å². The molecule has 3 nitrogen and oxygen atoms in total. The molecule has 21 heavy (non-hydrogen) atoms. The van der Waals surface area contributed by atoms with Gasteiger partial charge in [0.05, 0.1) is 12.8 Å². The van der Waals surface area contributed by atoms with E-state index in [9.17, 15) is 0 Å². The third-order valence-electron chi connectivity index (χ3n) is 5.69. The van der Waals surface area contributed by atoms with E-state index < -0.39 is 0 Å². The van der Waals surface area contributed by atoms with Crippen molar-refractivity contribution in [2.75, 3.05) is 6.54 Å². The van der Waals surface area contributed by atoms with E-state index in [0.717, 1.165) is 24.9 Å². The van der Waals surface area contributed by atoms with E-state index in [0.29, 0.717) is 11.8 Å². The largest absolute Gasteiger partial charge is 0.468 e. The van der Waals surface area contributed by atoms with Crippen LogP contribution in [0.25, 0.3) is 0 Å². The third-order valence-corrected chi connectivity index (χ3v) is 5.69. The standard InChI is InChI=1S/C18H30N2O/c1-14(2)17-7-3-4-10-18(17,13-19)20(15-8-9-15)12-16-6-5-11-21-16/h5-6,11,14-15,17H,3-4,7-10,12-13,19H2,1-2H3. The maximum Gasteiger partial charge on any atom is 0.117 e. The Morgan fingerprint density at radius 1 is 1.33 bits per heavy atom. The fourth-order valence-electron chi connectivity index (χ4n) is 4.54. The lowest BCUT2D eigenvalue weighted by Crippen LogP contribution is -2.61. The molecule has 2 aliphatic carbocycles. The molecule has 3 heteroatoms. The van der Waals surface area contributed by atoms with Gasteiger partial charge in [-0.25, -0.2) is 0 Å². The van der Waals surface area contributed by atoms with E-state index in [1.54, 1.807) is 6.26 Å². The molecular weight excluding hydrogens is 260 g/mol. The maximum atomic E-state index is 6.39. The van der Waals surface area contributed by atoms with Gasteiger partial charge in [0.1, 0.15) is 5.76 Å². The third kappa shape index (κ3) is 2.91. The van der Waals surface area contributed by atoms with E-state index in [4.69, 9.17) is 10.2 Å². The van der Waals surface area contributed by atoms with Crippen molar-refractivity contribution in [2.45, 2.75) is 70.5 Å². The number of rotatable bonds is 6. The lowest BCUT2D eigenvalue weighted by atomic mass is 9.66. The minimum absolute atomic E-state index is 0.181. The summed E-state index contributed by atoms with van der Waals surface area (Å²) in [5.74, 6) is 2.50. The Balaban J connectivity index is 1.89. The van der Waals surface area contributed by atoms with Crippen molar-refractivity contribution in [1.82, 2.24) is 4.90 Å². The molecule has 1 heterocycles. The molecule has 0 saturated heterocycles. The van der Waals surface area contributed by atoms with Crippen molar-refractivity contribution in [3.05, 3.63) is 24.2 Å². The SMILES string of the molecule is CC(C)C1CCCCC1(CN)N(Cc1ccco1)C1CC1. The summed E-state index contributed by atoms with van der Waals surface area (Å²) in [6, 6.07) is 4.82. The van der Waals surface area contributed by atoms with Gasteiger partial charge in [-0.2, -0.15) is 0 Å². The molecule has 3 rings (SSSR count). The highest BCUT2D eigenvalue weighted by Crippen LogP contribution is 2.46. The van der Waals surface area contributed by atoms with Gasteiger partial charge in [-0.05, 0) is 49.7 Å². The normalized spacial score (nSPS) is 30.2. The molecule has 2 N–H and O–H groups in total. The van der Waals surface area contributed by atoms with Crippen LogP contribution >= 0.6 is 0 Å². The van der Waals surface area contributed by atoms with Crippen LogP contribution in [0.2, 0.25) is 0 Å². The number of nitrogens with zero attached hydrogens (tertiary/aromatic N) is 1. The van der Waals surface area contributed by atoms with Gasteiger partial charge in [-0.15, -0.1) is 0 Å². The average molecular weight is 290 g/mol. The van der Waals surface area contributed by atoms with Gasteiger partial charge in [-0.3, -0.25) is 4.90 Å². The molecule has 0 radical (unpaired) electrons. The second-order valence-electron chi connectivity index (χ2n) is 7.34. The van der Waals surface area contributed by atoms with Crippen molar-refractivity contribution in [1.29, 1.82) is 0 Å². The Bertz CT molecular complexity index is 438. The molecule has 1 aromatic rings. The van der Waals surface area contributed by atoms with Crippen LogP contribution in [0.4, 0.5) is 0 Å². The molecule has 0 aliphatic heterocycles. The Hall–Kier alpha value is -0.800. The predicted octanol–water partition coefficient (Wildman–Crippen LogP) is 3.79. The molecule has 0 aromatic carbocycles. The second kappa shape index (κ2) is 6.13. The molecule has 2 aliphatic rings. The number of nitrogens with two attached hydrogens (primary N) is 1. The van der Waals surface area contributed by atoms with Crippen LogP contribution in [-0.4, -0.2) is 23.0 Å². The van der Waals surface area contributed by atoms with Gasteiger partial charge in [0.25, 0.3) is 0 Å². The average Bonchev–Trinajstić information content (AvgIpc) is 3.20. The van der Waals surface area contributed by atoms with Crippen LogP contribution in [-0.2, 0) is 6.54 Å². The van der Waals surface area contributed by atoms with Crippen molar-refractivity contribution in [2.24, 2.45) is 17.6 Å². The van der Waals surface area contributed by atoms with Crippen molar-refractivity contribution in [3.8, 4) is 0 Å². The van der Waals surface area contributed by atoms with Crippen LogP contribution in [0.15, 0.2) is 22.8 Å². The minimum Gasteiger partial charge on any atom is -0.468 e. The Morgan fingerprint density at radius 3 is 2.71 bits per heavy atom. The molecule has 0 bridgehead atoms. The minimum atomic E-state index is 0.181. The number of hydrogen-bond acceptors (Lipinski definition) is 3. The Labute approximate surface area is 128 Å². The molecular formula is C18H30N2O. The zero-order valence-electron chi connectivity index (χ0n) is 13.6. The van der Waals surface area contributed by atoms with E-state index >= 15 is 0 Å². The molecule has 2 unspecified atom stereocenters. The van der Waals surface area contributed by atoms with Crippen LogP contribution < -0.4 is 5.73 Å². The summed E-state index contributed by atoms with van der Waals surface area (Å²) < 4.78 is 5.64. The molecule has 118 valence electrons. The Kier molecular flexibility index (Phi) is 4.41. The zero-order chi connectivity index (χ0) is 14.9. The first-order chi connectivity index (χ1) is 10.2. The number of furan rings is 1. The first-order valence-electron chi connectivity index (χ1n) is 8.66. The van der Waals surface area contributed by atoms with Gasteiger partial charge in [0.15, 0.2) is 0 Å². The highest BCUT2D eigenvalue weighted by molar-refractivity contribution is 5.08. The second-order valence-corrected chi connectivity index (χ2v) is 7.34. The number of hydrogen-bond donors (Lipinski definition) is 1. The molecule has 1 aromatic heterocycles. The topological polar surface area (TPSA) is 42.4 Å². The van der Waals surface area contributed by atoms with Gasteiger partial charge in [-0.1, -0.05) is 26.7 Å². The molecule has 0 spiro atoms. The lowest BCUT2D eigenvalue weighted by molar-refractivity contribution is -0.0290. The first kappa shape index (κ1) is 15.1. The summed E-state index contributed by atoms with van der Waals surface area (Å²) in [4.78, 5) is 2.72. The highest BCUT2D eigenvalue weighted by atomic mass is 16.3. The smallest absolute Gasteiger partial charge is 0.117 e. The van der Waals surface area contributed by atoms with Crippen LogP contribution in [0.5, 0.6) is 0 Å². The monoisotopic (exact) mass is 290 g/mol. The van der Waals surface area contributed by atoms with Gasteiger partial charge in [0.2, 0.25) is 0 Å². The van der Waals surface area contributed by atoms with Crippen molar-refractivity contribution in [3.63, 3.8) is 0 Å². The van der Waals surface area contributed by atoms with E-state index in [1.807, 2.05) is 6.07 Å². The summed E-state index contributed by atoms with van der Waals surface area (Å²) >= 11 is 0.